The van der Waals surface area contributed by atoms with Crippen LogP contribution in [-0.4, -0.2) is 15.5 Å². The average Bonchev–Trinajstić information content (AvgIpc) is 2.73. The topological polar surface area (TPSA) is 55.4 Å². The Morgan fingerprint density at radius 3 is 2.62 bits per heavy atom. The number of anilines is 1. The van der Waals surface area contributed by atoms with Gasteiger partial charge in [-0.3, -0.25) is 4.72 Å². The maximum Gasteiger partial charge on any atom is 0.263 e. The van der Waals surface area contributed by atoms with Crippen LogP contribution in [0.2, 0.25) is 0 Å². The summed E-state index contributed by atoms with van der Waals surface area (Å²) >= 11 is 8.11. The first-order chi connectivity index (χ1) is 9.85. The maximum absolute atomic E-state index is 12.5. The predicted molar refractivity (Wildman–Crippen MR) is 92.4 cm³/mol. The zero-order chi connectivity index (χ0) is 15.6. The van der Waals surface area contributed by atoms with Crippen LogP contribution in [0.25, 0.3) is 0 Å². The molecule has 2 aromatic rings. The van der Waals surface area contributed by atoms with Gasteiger partial charge in [-0.2, -0.15) is 0 Å². The van der Waals surface area contributed by atoms with Crippen LogP contribution in [0.3, 0.4) is 0 Å². The fraction of sp³-hybridized carbons (Fsp3) is 0.231. The molecule has 1 N–H and O–H groups in total. The van der Waals surface area contributed by atoms with E-state index < -0.39 is 10.0 Å². The molecule has 0 aliphatic rings. The van der Waals surface area contributed by atoms with Crippen LogP contribution in [0.1, 0.15) is 10.4 Å². The molecule has 1 heterocycles. The van der Waals surface area contributed by atoms with Crippen LogP contribution in [0.15, 0.2) is 37.4 Å². The molecule has 0 saturated carbocycles. The highest BCUT2D eigenvalue weighted by Crippen LogP contribution is 2.32. The Morgan fingerprint density at radius 1 is 1.33 bits per heavy atom. The average molecular weight is 455 g/mol. The molecule has 0 bridgehead atoms. The van der Waals surface area contributed by atoms with Gasteiger partial charge in [-0.15, -0.1) is 11.3 Å². The minimum absolute atomic E-state index is 0.280. The first-order valence-electron chi connectivity index (χ1n) is 5.90. The second-order valence-electron chi connectivity index (χ2n) is 4.28. The molecule has 4 nitrogen and oxygen atoms in total. The lowest BCUT2D eigenvalue weighted by Crippen LogP contribution is -2.14. The minimum Gasteiger partial charge on any atom is -0.380 e. The van der Waals surface area contributed by atoms with Gasteiger partial charge in [0.1, 0.15) is 4.90 Å². The van der Waals surface area contributed by atoms with E-state index in [4.69, 9.17) is 4.74 Å². The molecule has 1 aromatic carbocycles. The highest BCUT2D eigenvalue weighted by molar-refractivity contribution is 9.11. The van der Waals surface area contributed by atoms with E-state index in [0.29, 0.717) is 12.3 Å². The number of methoxy groups -OCH3 is 1. The summed E-state index contributed by atoms with van der Waals surface area (Å²) in [5.41, 5.74) is 1.27. The summed E-state index contributed by atoms with van der Waals surface area (Å²) in [5, 5.41) is 0. The van der Waals surface area contributed by atoms with Crippen molar-refractivity contribution in [3.8, 4) is 0 Å². The van der Waals surface area contributed by atoms with Gasteiger partial charge in [0.15, 0.2) is 0 Å². The van der Waals surface area contributed by atoms with Crippen molar-refractivity contribution < 1.29 is 13.2 Å². The van der Waals surface area contributed by atoms with Crippen molar-refractivity contribution in [3.63, 3.8) is 0 Å². The van der Waals surface area contributed by atoms with Crippen molar-refractivity contribution >= 4 is 58.9 Å². The monoisotopic (exact) mass is 453 g/mol. The number of aryl methyl sites for hydroxylation is 1. The molecule has 0 radical (unpaired) electrons. The van der Waals surface area contributed by atoms with Crippen molar-refractivity contribution in [1.82, 2.24) is 0 Å². The summed E-state index contributed by atoms with van der Waals surface area (Å²) in [6.45, 7) is 2.09. The van der Waals surface area contributed by atoms with Crippen LogP contribution in [-0.2, 0) is 21.4 Å². The van der Waals surface area contributed by atoms with Gasteiger partial charge in [0.2, 0.25) is 0 Å². The molecule has 2 rings (SSSR count). The largest absolute Gasteiger partial charge is 0.380 e. The quantitative estimate of drug-likeness (QED) is 0.721. The Morgan fingerprint density at radius 2 is 2.05 bits per heavy atom. The van der Waals surface area contributed by atoms with E-state index in [1.165, 1.54) is 11.3 Å². The number of ether oxygens (including phenoxy) is 1. The number of halogens is 2. The van der Waals surface area contributed by atoms with Crippen molar-refractivity contribution in [2.45, 2.75) is 18.4 Å². The third-order valence-electron chi connectivity index (χ3n) is 2.78. The molecule has 21 heavy (non-hydrogen) atoms. The summed E-state index contributed by atoms with van der Waals surface area (Å²) in [7, 11) is -2.06. The van der Waals surface area contributed by atoms with E-state index in [1.807, 2.05) is 6.07 Å². The number of hydrogen-bond donors (Lipinski definition) is 1. The smallest absolute Gasteiger partial charge is 0.263 e. The normalized spacial score (nSPS) is 11.6. The van der Waals surface area contributed by atoms with Crippen molar-refractivity contribution in [3.05, 3.63) is 43.0 Å². The second kappa shape index (κ2) is 6.78. The zero-order valence-electron chi connectivity index (χ0n) is 11.3. The van der Waals surface area contributed by atoms with Crippen molar-refractivity contribution in [2.75, 3.05) is 11.8 Å². The van der Waals surface area contributed by atoms with Crippen LogP contribution >= 0.6 is 43.2 Å². The zero-order valence-corrected chi connectivity index (χ0v) is 16.1. The molecule has 0 unspecified atom stereocenters. The molecule has 8 heteroatoms. The standard InChI is InChI=1S/C13H13Br2NO3S2/c1-8-12(6-13(15)20-8)21(17,18)16-11-5-3-4-10(14)9(11)7-19-2/h3-6,16H,7H2,1-2H3. The third-order valence-corrected chi connectivity index (χ3v) is 6.70. The lowest BCUT2D eigenvalue weighted by molar-refractivity contribution is 0.185. The molecule has 0 aliphatic carbocycles. The Hall–Kier alpha value is -0.410. The van der Waals surface area contributed by atoms with Gasteiger partial charge in [0.05, 0.1) is 16.1 Å². The Kier molecular flexibility index (Phi) is 5.48. The van der Waals surface area contributed by atoms with Crippen LogP contribution in [0.4, 0.5) is 5.69 Å². The van der Waals surface area contributed by atoms with Gasteiger partial charge in [0, 0.05) is 22.0 Å². The number of hydrogen-bond acceptors (Lipinski definition) is 4. The molecule has 114 valence electrons. The highest BCUT2D eigenvalue weighted by atomic mass is 79.9. The van der Waals surface area contributed by atoms with E-state index in [0.717, 1.165) is 18.7 Å². The molecule has 0 atom stereocenters. The number of thiophene rings is 1. The number of sulfonamides is 1. The number of rotatable bonds is 5. The number of nitrogens with one attached hydrogen (secondary N) is 1. The van der Waals surface area contributed by atoms with Gasteiger partial charge in [0.25, 0.3) is 10.0 Å². The highest BCUT2D eigenvalue weighted by Gasteiger charge is 2.21. The third kappa shape index (κ3) is 3.87. The Balaban J connectivity index is 2.42. The summed E-state index contributed by atoms with van der Waals surface area (Å²) in [6.07, 6.45) is 0. The van der Waals surface area contributed by atoms with E-state index in [9.17, 15) is 8.42 Å². The lowest BCUT2D eigenvalue weighted by Gasteiger charge is -2.13. The van der Waals surface area contributed by atoms with Crippen LogP contribution in [0, 0.1) is 6.92 Å². The first kappa shape index (κ1) is 17.0. The van der Waals surface area contributed by atoms with E-state index in [-0.39, 0.29) is 4.90 Å². The molecule has 0 spiro atoms. The molecule has 0 saturated heterocycles. The fourth-order valence-electron chi connectivity index (χ4n) is 1.84. The predicted octanol–water partition coefficient (Wildman–Crippen LogP) is 4.53. The summed E-state index contributed by atoms with van der Waals surface area (Å²) in [4.78, 5) is 1.01. The Labute approximate surface area is 144 Å². The van der Waals surface area contributed by atoms with E-state index in [1.54, 1.807) is 32.2 Å². The molecular formula is C13H13Br2NO3S2. The van der Waals surface area contributed by atoms with Gasteiger partial charge in [-0.25, -0.2) is 8.42 Å². The molecular weight excluding hydrogens is 442 g/mol. The van der Waals surface area contributed by atoms with Crippen molar-refractivity contribution in [2.24, 2.45) is 0 Å². The lowest BCUT2D eigenvalue weighted by atomic mass is 10.2. The van der Waals surface area contributed by atoms with Gasteiger partial charge >= 0.3 is 0 Å². The van der Waals surface area contributed by atoms with Gasteiger partial charge in [-0.05, 0) is 41.1 Å². The van der Waals surface area contributed by atoms with E-state index >= 15 is 0 Å². The summed E-state index contributed by atoms with van der Waals surface area (Å²) in [6, 6.07) is 6.94. The molecule has 0 aliphatic heterocycles. The minimum atomic E-state index is -3.63. The Bertz CT molecular complexity index is 757. The van der Waals surface area contributed by atoms with Crippen LogP contribution < -0.4 is 4.72 Å². The molecule has 0 amide bonds. The van der Waals surface area contributed by atoms with Crippen LogP contribution in [0.5, 0.6) is 0 Å². The van der Waals surface area contributed by atoms with Gasteiger partial charge in [-0.1, -0.05) is 22.0 Å². The summed E-state index contributed by atoms with van der Waals surface area (Å²) in [5.74, 6) is 0. The SMILES string of the molecule is COCc1c(Br)cccc1NS(=O)(=O)c1cc(Br)sc1C. The van der Waals surface area contributed by atoms with E-state index in [2.05, 4.69) is 36.6 Å². The summed E-state index contributed by atoms with van der Waals surface area (Å²) < 4.78 is 34.4. The molecule has 0 fully saturated rings. The molecule has 1 aromatic heterocycles. The maximum atomic E-state index is 12.5. The number of benzene rings is 1. The van der Waals surface area contributed by atoms with Gasteiger partial charge < -0.3 is 4.74 Å². The second-order valence-corrected chi connectivity index (χ2v) is 9.42. The van der Waals surface area contributed by atoms with Crippen molar-refractivity contribution in [1.29, 1.82) is 0 Å². The fourth-order valence-corrected chi connectivity index (χ4v) is 5.83. The first-order valence-corrected chi connectivity index (χ1v) is 9.79.